The van der Waals surface area contributed by atoms with Crippen molar-refractivity contribution in [1.29, 1.82) is 0 Å². The minimum absolute atomic E-state index is 0.0594. The first-order chi connectivity index (χ1) is 8.47. The van der Waals surface area contributed by atoms with Crippen molar-refractivity contribution in [2.24, 2.45) is 0 Å². The van der Waals surface area contributed by atoms with E-state index in [4.69, 9.17) is 0 Å². The average Bonchev–Trinajstić information content (AvgIpc) is 2.27. The Balaban J connectivity index is 2.37. The molecule has 1 saturated carbocycles. The molecule has 0 aliphatic heterocycles. The monoisotopic (exact) mass is 251 g/mol. The second-order valence-corrected chi connectivity index (χ2v) is 4.32. The van der Waals surface area contributed by atoms with Gasteiger partial charge in [-0.1, -0.05) is 0 Å². The van der Waals surface area contributed by atoms with E-state index >= 15 is 0 Å². The maximum atomic E-state index is 13.6. The van der Waals surface area contributed by atoms with Gasteiger partial charge in [0.15, 0.2) is 0 Å². The van der Waals surface area contributed by atoms with Crippen LogP contribution in [-0.2, 0) is 9.59 Å². The third-order valence-electron chi connectivity index (χ3n) is 2.97. The maximum absolute atomic E-state index is 13.6. The molecule has 94 valence electrons. The van der Waals surface area contributed by atoms with Crippen LogP contribution >= 0.6 is 0 Å². The summed E-state index contributed by atoms with van der Waals surface area (Å²) in [5, 5.41) is 10.6. The predicted octanol–water partition coefficient (Wildman–Crippen LogP) is 2.14. The third kappa shape index (κ3) is 2.42. The van der Waals surface area contributed by atoms with Crippen LogP contribution in [0.2, 0.25) is 0 Å². The van der Waals surface area contributed by atoms with E-state index in [0.717, 1.165) is 18.2 Å². The van der Waals surface area contributed by atoms with Crippen molar-refractivity contribution in [3.63, 3.8) is 0 Å². The van der Waals surface area contributed by atoms with Gasteiger partial charge >= 0.3 is 0 Å². The molecule has 0 atom stereocenters. The van der Waals surface area contributed by atoms with Gasteiger partial charge in [-0.05, 0) is 11.6 Å². The van der Waals surface area contributed by atoms with Gasteiger partial charge in [0.25, 0.3) is 5.69 Å². The predicted molar refractivity (Wildman–Crippen MR) is 59.7 cm³/mol. The third-order valence-corrected chi connectivity index (χ3v) is 2.97. The zero-order chi connectivity index (χ0) is 13.3. The van der Waals surface area contributed by atoms with Crippen molar-refractivity contribution in [3.05, 3.63) is 39.7 Å². The molecule has 1 aliphatic rings. The number of hydrogen-bond acceptors (Lipinski definition) is 4. The van der Waals surface area contributed by atoms with Crippen LogP contribution in [0.15, 0.2) is 18.2 Å². The number of ketones is 2. The molecule has 6 heteroatoms. The van der Waals surface area contributed by atoms with Crippen LogP contribution < -0.4 is 0 Å². The van der Waals surface area contributed by atoms with Gasteiger partial charge in [0.2, 0.25) is 0 Å². The summed E-state index contributed by atoms with van der Waals surface area (Å²) in [5.41, 5.74) is -0.164. The van der Waals surface area contributed by atoms with Crippen molar-refractivity contribution in [2.45, 2.75) is 25.2 Å². The van der Waals surface area contributed by atoms with Crippen molar-refractivity contribution in [2.75, 3.05) is 0 Å². The summed E-state index contributed by atoms with van der Waals surface area (Å²) < 4.78 is 13.6. The first-order valence-corrected chi connectivity index (χ1v) is 5.44. The van der Waals surface area contributed by atoms with Crippen molar-refractivity contribution in [3.8, 4) is 0 Å². The number of carbonyl (C=O) groups excluding carboxylic acids is 2. The molecule has 2 rings (SSSR count). The Bertz CT molecular complexity index is 525. The molecule has 0 radical (unpaired) electrons. The van der Waals surface area contributed by atoms with Crippen LogP contribution in [-0.4, -0.2) is 16.5 Å². The van der Waals surface area contributed by atoms with E-state index in [2.05, 4.69) is 0 Å². The van der Waals surface area contributed by atoms with E-state index in [9.17, 15) is 24.1 Å². The molecule has 0 saturated heterocycles. The number of carbonyl (C=O) groups is 2. The van der Waals surface area contributed by atoms with Gasteiger partial charge in [-0.3, -0.25) is 19.7 Å². The molecule has 0 amide bonds. The minimum Gasteiger partial charge on any atom is -0.299 e. The lowest BCUT2D eigenvalue weighted by Crippen LogP contribution is -2.22. The fourth-order valence-electron chi connectivity index (χ4n) is 2.16. The Labute approximate surface area is 102 Å². The molecule has 1 fully saturated rings. The van der Waals surface area contributed by atoms with E-state index in [0.29, 0.717) is 0 Å². The molecule has 1 aromatic rings. The molecule has 0 aromatic heterocycles. The van der Waals surface area contributed by atoms with E-state index in [1.807, 2.05) is 0 Å². The van der Waals surface area contributed by atoms with Crippen molar-refractivity contribution < 1.29 is 18.9 Å². The van der Waals surface area contributed by atoms with Crippen LogP contribution in [0.25, 0.3) is 0 Å². The van der Waals surface area contributed by atoms with Crippen molar-refractivity contribution in [1.82, 2.24) is 0 Å². The molecule has 1 aromatic carbocycles. The normalized spacial score (nSPS) is 16.9. The lowest BCUT2D eigenvalue weighted by atomic mass is 9.82. The zero-order valence-corrected chi connectivity index (χ0v) is 9.39. The highest BCUT2D eigenvalue weighted by Crippen LogP contribution is 2.32. The topological polar surface area (TPSA) is 77.3 Å². The van der Waals surface area contributed by atoms with Gasteiger partial charge in [0.05, 0.1) is 11.3 Å². The SMILES string of the molecule is O=C1CC(=O)CC(c2cc([N+](=O)[O-])ccc2F)C1. The van der Waals surface area contributed by atoms with Gasteiger partial charge in [0.1, 0.15) is 17.4 Å². The van der Waals surface area contributed by atoms with Crippen LogP contribution in [0, 0.1) is 15.9 Å². The number of nitrogens with zero attached hydrogens (tertiary/aromatic N) is 1. The van der Waals surface area contributed by atoms with Crippen molar-refractivity contribution >= 4 is 17.3 Å². The number of benzene rings is 1. The molecule has 1 aliphatic carbocycles. The lowest BCUT2D eigenvalue weighted by molar-refractivity contribution is -0.385. The molecule has 0 bridgehead atoms. The number of nitro groups is 1. The van der Waals surface area contributed by atoms with Crippen LogP contribution in [0.5, 0.6) is 0 Å². The number of hydrogen-bond donors (Lipinski definition) is 0. The van der Waals surface area contributed by atoms with Gasteiger partial charge in [-0.15, -0.1) is 0 Å². The van der Waals surface area contributed by atoms with E-state index in [1.54, 1.807) is 0 Å². The fourth-order valence-corrected chi connectivity index (χ4v) is 2.16. The summed E-state index contributed by atoms with van der Waals surface area (Å²) >= 11 is 0. The number of non-ortho nitro benzene ring substituents is 1. The lowest BCUT2D eigenvalue weighted by Gasteiger charge is -2.20. The highest BCUT2D eigenvalue weighted by molar-refractivity contribution is 6.02. The highest BCUT2D eigenvalue weighted by atomic mass is 19.1. The van der Waals surface area contributed by atoms with E-state index in [1.165, 1.54) is 0 Å². The molecule has 5 nitrogen and oxygen atoms in total. The summed E-state index contributed by atoms with van der Waals surface area (Å²) in [5.74, 6) is -1.70. The Kier molecular flexibility index (Phi) is 3.18. The maximum Gasteiger partial charge on any atom is 0.269 e. The molecular weight excluding hydrogens is 241 g/mol. The van der Waals surface area contributed by atoms with Gasteiger partial charge in [0, 0.05) is 30.9 Å². The van der Waals surface area contributed by atoms with Crippen LogP contribution in [0.1, 0.15) is 30.7 Å². The second-order valence-electron chi connectivity index (χ2n) is 4.32. The average molecular weight is 251 g/mol. The Hall–Kier alpha value is -2.11. The number of Topliss-reactive ketones (excluding diaryl/α,β-unsaturated/α-hetero) is 2. The summed E-state index contributed by atoms with van der Waals surface area (Å²) in [6.07, 6.45) is 0.000696. The Morgan fingerprint density at radius 3 is 2.39 bits per heavy atom. The zero-order valence-electron chi connectivity index (χ0n) is 9.39. The summed E-state index contributed by atoms with van der Waals surface area (Å²) in [6, 6.07) is 3.16. The molecule has 0 N–H and O–H groups in total. The quantitative estimate of drug-likeness (QED) is 0.458. The second kappa shape index (κ2) is 4.64. The summed E-state index contributed by atoms with van der Waals surface area (Å²) in [6.45, 7) is 0. The molecule has 0 heterocycles. The molecule has 0 spiro atoms. The molecule has 18 heavy (non-hydrogen) atoms. The molecule has 0 unspecified atom stereocenters. The van der Waals surface area contributed by atoms with Gasteiger partial charge < -0.3 is 0 Å². The Morgan fingerprint density at radius 2 is 1.83 bits per heavy atom. The van der Waals surface area contributed by atoms with E-state index < -0.39 is 16.7 Å². The first kappa shape index (κ1) is 12.3. The Morgan fingerprint density at radius 1 is 1.22 bits per heavy atom. The molecular formula is C12H10FNO4. The van der Waals surface area contributed by atoms with Crippen LogP contribution in [0.3, 0.4) is 0 Å². The van der Waals surface area contributed by atoms with Gasteiger partial charge in [-0.2, -0.15) is 0 Å². The fraction of sp³-hybridized carbons (Fsp3) is 0.333. The number of rotatable bonds is 2. The van der Waals surface area contributed by atoms with Crippen LogP contribution in [0.4, 0.5) is 10.1 Å². The summed E-state index contributed by atoms with van der Waals surface area (Å²) in [4.78, 5) is 32.6. The first-order valence-electron chi connectivity index (χ1n) is 5.44. The largest absolute Gasteiger partial charge is 0.299 e. The number of halogens is 1. The summed E-state index contributed by atoms with van der Waals surface area (Å²) in [7, 11) is 0. The highest BCUT2D eigenvalue weighted by Gasteiger charge is 2.29. The van der Waals surface area contributed by atoms with E-state index in [-0.39, 0.29) is 42.1 Å². The van der Waals surface area contributed by atoms with Gasteiger partial charge in [-0.25, -0.2) is 4.39 Å². The number of nitro benzene ring substituents is 1. The minimum atomic E-state index is -0.630. The smallest absolute Gasteiger partial charge is 0.269 e. The standard InChI is InChI=1S/C12H10FNO4/c13-12-2-1-8(14(17)18)5-11(12)7-3-9(15)6-10(16)4-7/h1-2,5,7H,3-4,6H2.